The van der Waals surface area contributed by atoms with E-state index in [4.69, 9.17) is 5.73 Å². The SMILES string of the molecule is NCC(=O)Nc1ccccc1CN1CCSCC1. The third-order valence-electron chi connectivity index (χ3n) is 2.97. The fourth-order valence-corrected chi connectivity index (χ4v) is 2.96. The van der Waals surface area contributed by atoms with Crippen molar-refractivity contribution in [2.75, 3.05) is 36.5 Å². The van der Waals surface area contributed by atoms with Crippen LogP contribution in [-0.2, 0) is 11.3 Å². The Labute approximate surface area is 112 Å². The molecule has 1 amide bonds. The van der Waals surface area contributed by atoms with Crippen LogP contribution in [0.25, 0.3) is 0 Å². The van der Waals surface area contributed by atoms with Gasteiger partial charge in [-0.2, -0.15) is 11.8 Å². The summed E-state index contributed by atoms with van der Waals surface area (Å²) >= 11 is 2.00. The molecule has 18 heavy (non-hydrogen) atoms. The fraction of sp³-hybridized carbons (Fsp3) is 0.462. The van der Waals surface area contributed by atoms with Crippen LogP contribution in [0.3, 0.4) is 0 Å². The molecular formula is C13H19N3OS. The van der Waals surface area contributed by atoms with E-state index < -0.39 is 0 Å². The molecular weight excluding hydrogens is 246 g/mol. The van der Waals surface area contributed by atoms with E-state index in [1.165, 1.54) is 11.5 Å². The number of amides is 1. The lowest BCUT2D eigenvalue weighted by Crippen LogP contribution is -2.32. The summed E-state index contributed by atoms with van der Waals surface area (Å²) in [5, 5.41) is 2.85. The molecule has 1 fully saturated rings. The third-order valence-corrected chi connectivity index (χ3v) is 3.92. The molecule has 1 saturated heterocycles. The zero-order chi connectivity index (χ0) is 12.8. The maximum Gasteiger partial charge on any atom is 0.238 e. The van der Waals surface area contributed by atoms with Crippen molar-refractivity contribution in [2.24, 2.45) is 5.73 Å². The summed E-state index contributed by atoms with van der Waals surface area (Å²) < 4.78 is 0. The van der Waals surface area contributed by atoms with E-state index in [1.54, 1.807) is 0 Å². The Hall–Kier alpha value is -1.04. The van der Waals surface area contributed by atoms with Gasteiger partial charge in [-0.15, -0.1) is 0 Å². The zero-order valence-corrected chi connectivity index (χ0v) is 11.2. The summed E-state index contributed by atoms with van der Waals surface area (Å²) in [5.74, 6) is 2.24. The average molecular weight is 265 g/mol. The van der Waals surface area contributed by atoms with Gasteiger partial charge in [-0.25, -0.2) is 0 Å². The molecule has 0 bridgehead atoms. The Balaban J connectivity index is 2.04. The van der Waals surface area contributed by atoms with E-state index in [1.807, 2.05) is 30.0 Å². The van der Waals surface area contributed by atoms with Crippen molar-refractivity contribution in [1.82, 2.24) is 4.90 Å². The highest BCUT2D eigenvalue weighted by Crippen LogP contribution is 2.19. The van der Waals surface area contributed by atoms with Gasteiger partial charge >= 0.3 is 0 Å². The van der Waals surface area contributed by atoms with Crippen LogP contribution in [0.2, 0.25) is 0 Å². The second-order valence-corrected chi connectivity index (χ2v) is 5.52. The molecule has 0 saturated carbocycles. The first kappa shape index (κ1) is 13.4. The number of hydrogen-bond acceptors (Lipinski definition) is 4. The molecule has 1 aromatic carbocycles. The maximum atomic E-state index is 11.4. The van der Waals surface area contributed by atoms with Crippen LogP contribution in [0.15, 0.2) is 24.3 Å². The van der Waals surface area contributed by atoms with Gasteiger partial charge in [-0.05, 0) is 11.6 Å². The molecule has 0 aliphatic carbocycles. The van der Waals surface area contributed by atoms with Crippen LogP contribution < -0.4 is 11.1 Å². The Morgan fingerprint density at radius 2 is 2.06 bits per heavy atom. The van der Waals surface area contributed by atoms with Gasteiger partial charge in [0.1, 0.15) is 0 Å². The predicted molar refractivity (Wildman–Crippen MR) is 76.7 cm³/mol. The molecule has 98 valence electrons. The second-order valence-electron chi connectivity index (χ2n) is 4.30. The topological polar surface area (TPSA) is 58.4 Å². The van der Waals surface area contributed by atoms with Crippen LogP contribution in [0.4, 0.5) is 5.69 Å². The quantitative estimate of drug-likeness (QED) is 0.857. The van der Waals surface area contributed by atoms with E-state index in [0.29, 0.717) is 0 Å². The predicted octanol–water partition coefficient (Wildman–Crippen LogP) is 1.13. The summed E-state index contributed by atoms with van der Waals surface area (Å²) in [6, 6.07) is 7.93. The standard InChI is InChI=1S/C13H19N3OS/c14-9-13(17)15-12-4-2-1-3-11(12)10-16-5-7-18-8-6-16/h1-4H,5-10,14H2,(H,15,17). The second kappa shape index (κ2) is 6.78. The Bertz CT molecular complexity index is 405. The minimum Gasteiger partial charge on any atom is -0.325 e. The van der Waals surface area contributed by atoms with E-state index in [9.17, 15) is 4.79 Å². The normalized spacial score (nSPS) is 16.5. The Morgan fingerprint density at radius 1 is 1.33 bits per heavy atom. The zero-order valence-electron chi connectivity index (χ0n) is 10.4. The van der Waals surface area contributed by atoms with Gasteiger partial charge in [0.15, 0.2) is 0 Å². The lowest BCUT2D eigenvalue weighted by molar-refractivity contribution is -0.114. The lowest BCUT2D eigenvalue weighted by Gasteiger charge is -2.27. The fourth-order valence-electron chi connectivity index (χ4n) is 1.98. The minimum absolute atomic E-state index is 0.0225. The molecule has 0 unspecified atom stereocenters. The number of rotatable bonds is 4. The van der Waals surface area contributed by atoms with Crippen LogP contribution in [-0.4, -0.2) is 41.9 Å². The van der Waals surface area contributed by atoms with Crippen molar-refractivity contribution in [3.05, 3.63) is 29.8 Å². The van der Waals surface area contributed by atoms with E-state index >= 15 is 0 Å². The van der Waals surface area contributed by atoms with Crippen molar-refractivity contribution in [3.63, 3.8) is 0 Å². The highest BCUT2D eigenvalue weighted by atomic mass is 32.2. The average Bonchev–Trinajstić information content (AvgIpc) is 2.42. The molecule has 1 aliphatic rings. The number of nitrogens with zero attached hydrogens (tertiary/aromatic N) is 1. The van der Waals surface area contributed by atoms with Gasteiger partial charge in [0.2, 0.25) is 5.91 Å². The molecule has 0 radical (unpaired) electrons. The molecule has 2 rings (SSSR count). The molecule has 0 aromatic heterocycles. The smallest absolute Gasteiger partial charge is 0.238 e. The van der Waals surface area contributed by atoms with Gasteiger partial charge in [-0.3, -0.25) is 9.69 Å². The first-order valence-electron chi connectivity index (χ1n) is 6.17. The number of nitrogens with two attached hydrogens (primary N) is 1. The summed E-state index contributed by atoms with van der Waals surface area (Å²) in [5.41, 5.74) is 7.37. The van der Waals surface area contributed by atoms with Crippen molar-refractivity contribution in [1.29, 1.82) is 0 Å². The molecule has 1 aromatic rings. The molecule has 4 nitrogen and oxygen atoms in total. The molecule has 0 spiro atoms. The number of carbonyl (C=O) groups is 1. The largest absolute Gasteiger partial charge is 0.325 e. The maximum absolute atomic E-state index is 11.4. The summed E-state index contributed by atoms with van der Waals surface area (Å²) in [6.45, 7) is 3.14. The monoisotopic (exact) mass is 265 g/mol. The number of nitrogens with one attached hydrogen (secondary N) is 1. The van der Waals surface area contributed by atoms with Crippen LogP contribution >= 0.6 is 11.8 Å². The van der Waals surface area contributed by atoms with Crippen molar-refractivity contribution >= 4 is 23.4 Å². The first-order chi connectivity index (χ1) is 8.79. The number of hydrogen-bond donors (Lipinski definition) is 2. The number of para-hydroxylation sites is 1. The van der Waals surface area contributed by atoms with Gasteiger partial charge in [0.25, 0.3) is 0 Å². The number of benzene rings is 1. The van der Waals surface area contributed by atoms with E-state index in [0.717, 1.165) is 30.9 Å². The van der Waals surface area contributed by atoms with Crippen molar-refractivity contribution < 1.29 is 4.79 Å². The Morgan fingerprint density at radius 3 is 2.78 bits per heavy atom. The van der Waals surface area contributed by atoms with Gasteiger partial charge in [-0.1, -0.05) is 18.2 Å². The molecule has 1 heterocycles. The van der Waals surface area contributed by atoms with Crippen molar-refractivity contribution in [2.45, 2.75) is 6.54 Å². The summed E-state index contributed by atoms with van der Waals surface area (Å²) in [4.78, 5) is 13.8. The van der Waals surface area contributed by atoms with Crippen LogP contribution in [0.5, 0.6) is 0 Å². The third kappa shape index (κ3) is 3.73. The van der Waals surface area contributed by atoms with Crippen LogP contribution in [0, 0.1) is 0 Å². The number of carbonyl (C=O) groups excluding carboxylic acids is 1. The highest BCUT2D eigenvalue weighted by molar-refractivity contribution is 7.99. The highest BCUT2D eigenvalue weighted by Gasteiger charge is 2.13. The lowest BCUT2D eigenvalue weighted by atomic mass is 10.1. The van der Waals surface area contributed by atoms with E-state index in [2.05, 4.69) is 16.3 Å². The van der Waals surface area contributed by atoms with Gasteiger partial charge in [0.05, 0.1) is 6.54 Å². The van der Waals surface area contributed by atoms with Gasteiger partial charge < -0.3 is 11.1 Å². The first-order valence-corrected chi connectivity index (χ1v) is 7.33. The summed E-state index contributed by atoms with van der Waals surface area (Å²) in [7, 11) is 0. The summed E-state index contributed by atoms with van der Waals surface area (Å²) in [6.07, 6.45) is 0. The molecule has 1 aliphatic heterocycles. The molecule has 3 N–H and O–H groups in total. The van der Waals surface area contributed by atoms with Crippen LogP contribution in [0.1, 0.15) is 5.56 Å². The Kier molecular flexibility index (Phi) is 5.04. The number of thioether (sulfide) groups is 1. The minimum atomic E-state index is -0.142. The van der Waals surface area contributed by atoms with Crippen molar-refractivity contribution in [3.8, 4) is 0 Å². The van der Waals surface area contributed by atoms with E-state index in [-0.39, 0.29) is 12.5 Å². The molecule has 0 atom stereocenters. The van der Waals surface area contributed by atoms with Gasteiger partial charge in [0, 0.05) is 36.8 Å². The molecule has 5 heteroatoms. The number of anilines is 1.